The van der Waals surface area contributed by atoms with E-state index in [9.17, 15) is 4.79 Å². The highest BCUT2D eigenvalue weighted by atomic mass is 127. The number of ether oxygens (including phenoxy) is 1. The number of amides is 1. The van der Waals surface area contributed by atoms with Gasteiger partial charge in [-0.1, -0.05) is 19.0 Å². The zero-order chi connectivity index (χ0) is 19.9. The monoisotopic (exact) mass is 519 g/mol. The fraction of sp³-hybridized carbons (Fsp3) is 0.750. The third-order valence-electron chi connectivity index (χ3n) is 5.35. The normalized spacial score (nSPS) is 18.7. The van der Waals surface area contributed by atoms with E-state index in [0.29, 0.717) is 25.7 Å². The van der Waals surface area contributed by atoms with E-state index in [1.165, 1.54) is 0 Å². The molecule has 0 unspecified atom stereocenters. The Bertz CT molecular complexity index is 665. The minimum absolute atomic E-state index is 0. The summed E-state index contributed by atoms with van der Waals surface area (Å²) < 4.78 is 10.7. The molecule has 0 saturated carbocycles. The summed E-state index contributed by atoms with van der Waals surface area (Å²) >= 11 is 0. The highest BCUT2D eigenvalue weighted by Gasteiger charge is 2.30. The van der Waals surface area contributed by atoms with Crippen LogP contribution in [0.5, 0.6) is 0 Å². The SMILES string of the molecule is CCNC(=NCc1cc(C(C)C)no1)N1CCC(C(=O)N2CCOCC2)CC1.I. The first-order valence-electron chi connectivity index (χ1n) is 10.4. The zero-order valence-corrected chi connectivity index (χ0v) is 20.1. The molecule has 29 heavy (non-hydrogen) atoms. The molecule has 3 rings (SSSR count). The van der Waals surface area contributed by atoms with Crippen LogP contribution in [0.15, 0.2) is 15.6 Å². The van der Waals surface area contributed by atoms with Gasteiger partial charge in [0.2, 0.25) is 5.91 Å². The summed E-state index contributed by atoms with van der Waals surface area (Å²) in [6, 6.07) is 1.98. The van der Waals surface area contributed by atoms with Gasteiger partial charge in [-0.05, 0) is 25.7 Å². The Kier molecular flexibility index (Phi) is 9.67. The molecule has 2 aliphatic rings. The van der Waals surface area contributed by atoms with Crippen LogP contribution in [0.3, 0.4) is 0 Å². The van der Waals surface area contributed by atoms with Gasteiger partial charge in [0, 0.05) is 44.7 Å². The molecule has 0 atom stereocenters. The maximum atomic E-state index is 12.7. The third kappa shape index (κ3) is 6.56. The lowest BCUT2D eigenvalue weighted by atomic mass is 9.95. The van der Waals surface area contributed by atoms with Crippen LogP contribution in [0.25, 0.3) is 0 Å². The Morgan fingerprint density at radius 1 is 1.24 bits per heavy atom. The van der Waals surface area contributed by atoms with Crippen LogP contribution in [0.4, 0.5) is 0 Å². The van der Waals surface area contributed by atoms with E-state index in [1.54, 1.807) is 0 Å². The minimum Gasteiger partial charge on any atom is -0.378 e. The Morgan fingerprint density at radius 2 is 1.93 bits per heavy atom. The molecule has 1 N–H and O–H groups in total. The summed E-state index contributed by atoms with van der Waals surface area (Å²) in [4.78, 5) is 21.6. The van der Waals surface area contributed by atoms with Crippen LogP contribution in [0.2, 0.25) is 0 Å². The van der Waals surface area contributed by atoms with E-state index in [1.807, 2.05) is 11.0 Å². The second-order valence-electron chi connectivity index (χ2n) is 7.74. The van der Waals surface area contributed by atoms with Crippen molar-refractivity contribution in [3.63, 3.8) is 0 Å². The van der Waals surface area contributed by atoms with Crippen LogP contribution in [0.1, 0.15) is 51.0 Å². The molecule has 1 aromatic rings. The van der Waals surface area contributed by atoms with Crippen LogP contribution in [-0.2, 0) is 16.1 Å². The molecule has 2 saturated heterocycles. The van der Waals surface area contributed by atoms with Crippen LogP contribution in [0, 0.1) is 5.92 Å². The van der Waals surface area contributed by atoms with Crippen LogP contribution >= 0.6 is 24.0 Å². The summed E-state index contributed by atoms with van der Waals surface area (Å²) in [5, 5.41) is 7.46. The van der Waals surface area contributed by atoms with Gasteiger partial charge in [0.1, 0.15) is 6.54 Å². The van der Waals surface area contributed by atoms with Gasteiger partial charge in [-0.25, -0.2) is 4.99 Å². The number of guanidine groups is 1. The molecule has 2 fully saturated rings. The molecule has 0 radical (unpaired) electrons. The number of likely N-dealkylation sites (tertiary alicyclic amines) is 1. The summed E-state index contributed by atoms with van der Waals surface area (Å²) in [7, 11) is 0. The lowest BCUT2D eigenvalue weighted by Gasteiger charge is -2.36. The standard InChI is InChI=1S/C20H33N5O3.HI/c1-4-21-20(22-14-17-13-18(15(2)3)23-28-17)25-7-5-16(6-8-25)19(26)24-9-11-27-12-10-24;/h13,15-16H,4-12,14H2,1-3H3,(H,21,22);1H. The Labute approximate surface area is 190 Å². The van der Waals surface area contributed by atoms with Gasteiger partial charge in [0.25, 0.3) is 0 Å². The van der Waals surface area contributed by atoms with Crippen LogP contribution < -0.4 is 5.32 Å². The smallest absolute Gasteiger partial charge is 0.225 e. The second-order valence-corrected chi connectivity index (χ2v) is 7.74. The maximum Gasteiger partial charge on any atom is 0.225 e. The van der Waals surface area contributed by atoms with E-state index < -0.39 is 0 Å². The molecule has 3 heterocycles. The van der Waals surface area contributed by atoms with Crippen molar-refractivity contribution >= 4 is 35.8 Å². The number of morpholine rings is 1. The van der Waals surface area contributed by atoms with Crippen molar-refractivity contribution in [2.24, 2.45) is 10.9 Å². The lowest BCUT2D eigenvalue weighted by molar-refractivity contribution is -0.140. The number of aliphatic imine (C=N–C) groups is 1. The molecular weight excluding hydrogens is 485 g/mol. The van der Waals surface area contributed by atoms with Crippen molar-refractivity contribution in [1.29, 1.82) is 0 Å². The third-order valence-corrected chi connectivity index (χ3v) is 5.35. The van der Waals surface area contributed by atoms with Gasteiger partial charge >= 0.3 is 0 Å². The zero-order valence-electron chi connectivity index (χ0n) is 17.7. The number of hydrogen-bond acceptors (Lipinski definition) is 5. The number of piperidine rings is 1. The van der Waals surface area contributed by atoms with Crippen LogP contribution in [-0.4, -0.2) is 72.8 Å². The highest BCUT2D eigenvalue weighted by molar-refractivity contribution is 14.0. The number of carbonyl (C=O) groups excluding carboxylic acids is 1. The number of carbonyl (C=O) groups is 1. The van der Waals surface area contributed by atoms with Gasteiger partial charge in [-0.2, -0.15) is 0 Å². The molecular formula is C20H34IN5O3. The topological polar surface area (TPSA) is 83.2 Å². The molecule has 2 aliphatic heterocycles. The molecule has 1 amide bonds. The van der Waals surface area contributed by atoms with Gasteiger partial charge in [-0.15, -0.1) is 24.0 Å². The van der Waals surface area contributed by atoms with E-state index in [4.69, 9.17) is 14.3 Å². The van der Waals surface area contributed by atoms with E-state index in [2.05, 4.69) is 36.1 Å². The van der Waals surface area contributed by atoms with Crippen molar-refractivity contribution in [2.45, 2.75) is 46.1 Å². The maximum absolute atomic E-state index is 12.7. The first-order chi connectivity index (χ1) is 13.6. The summed E-state index contributed by atoms with van der Waals surface area (Å²) in [6.45, 7) is 11.9. The number of nitrogens with zero attached hydrogens (tertiary/aromatic N) is 4. The number of nitrogens with one attached hydrogen (secondary N) is 1. The quantitative estimate of drug-likeness (QED) is 0.366. The predicted molar refractivity (Wildman–Crippen MR) is 123 cm³/mol. The van der Waals surface area contributed by atoms with Gasteiger partial charge in [-0.3, -0.25) is 4.79 Å². The van der Waals surface area contributed by atoms with E-state index >= 15 is 0 Å². The minimum atomic E-state index is 0. The average molecular weight is 519 g/mol. The van der Waals surface area contributed by atoms with E-state index in [-0.39, 0.29) is 35.8 Å². The molecule has 164 valence electrons. The van der Waals surface area contributed by atoms with Crippen molar-refractivity contribution < 1.29 is 14.1 Å². The Morgan fingerprint density at radius 3 is 2.52 bits per heavy atom. The molecule has 1 aromatic heterocycles. The lowest BCUT2D eigenvalue weighted by Crippen LogP contribution is -2.50. The Balaban J connectivity index is 0.00000300. The van der Waals surface area contributed by atoms with Crippen molar-refractivity contribution in [1.82, 2.24) is 20.3 Å². The average Bonchev–Trinajstić information content (AvgIpc) is 3.21. The molecule has 9 heteroatoms. The number of hydrogen-bond donors (Lipinski definition) is 1. The molecule has 0 spiro atoms. The Hall–Kier alpha value is -1.36. The van der Waals surface area contributed by atoms with E-state index in [0.717, 1.165) is 63.0 Å². The summed E-state index contributed by atoms with van der Waals surface area (Å²) in [5.74, 6) is 2.39. The largest absolute Gasteiger partial charge is 0.378 e. The highest BCUT2D eigenvalue weighted by Crippen LogP contribution is 2.21. The summed E-state index contributed by atoms with van der Waals surface area (Å²) in [6.07, 6.45) is 1.72. The number of rotatable bonds is 5. The molecule has 0 bridgehead atoms. The predicted octanol–water partition coefficient (Wildman–Crippen LogP) is 2.45. The molecule has 8 nitrogen and oxygen atoms in total. The second kappa shape index (κ2) is 11.7. The van der Waals surface area contributed by atoms with Crippen molar-refractivity contribution in [3.05, 3.63) is 17.5 Å². The first kappa shape index (κ1) is 23.9. The van der Waals surface area contributed by atoms with Crippen molar-refractivity contribution in [2.75, 3.05) is 45.9 Å². The van der Waals surface area contributed by atoms with Gasteiger partial charge in [0.15, 0.2) is 11.7 Å². The fourth-order valence-corrected chi connectivity index (χ4v) is 3.63. The van der Waals surface area contributed by atoms with Gasteiger partial charge in [0.05, 0.1) is 18.9 Å². The van der Waals surface area contributed by atoms with Crippen molar-refractivity contribution in [3.8, 4) is 0 Å². The molecule has 0 aromatic carbocycles. The number of halogens is 1. The molecule has 0 aliphatic carbocycles. The number of aromatic nitrogens is 1. The fourth-order valence-electron chi connectivity index (χ4n) is 3.63. The first-order valence-corrected chi connectivity index (χ1v) is 10.4. The van der Waals surface area contributed by atoms with Gasteiger partial charge < -0.3 is 24.4 Å². The summed E-state index contributed by atoms with van der Waals surface area (Å²) in [5.41, 5.74) is 0.956.